The fourth-order valence-electron chi connectivity index (χ4n) is 4.67. The fraction of sp³-hybridized carbons (Fsp3) is 0.478. The highest BCUT2D eigenvalue weighted by Gasteiger charge is 2.41. The fourth-order valence-corrected chi connectivity index (χ4v) is 6.04. The van der Waals surface area contributed by atoms with Crippen LogP contribution in [0.25, 0.3) is 0 Å². The monoisotopic (exact) mass is 399 g/mol. The number of phenolic OH excluding ortho intramolecular Hbond substituents is 1. The normalized spacial score (nSPS) is 25.6. The van der Waals surface area contributed by atoms with Crippen LogP contribution in [0.3, 0.4) is 0 Å². The van der Waals surface area contributed by atoms with Crippen LogP contribution in [-0.4, -0.2) is 49.1 Å². The summed E-state index contributed by atoms with van der Waals surface area (Å²) in [5.41, 5.74) is 1.13. The van der Waals surface area contributed by atoms with Crippen LogP contribution in [0.1, 0.15) is 24.5 Å². The van der Waals surface area contributed by atoms with Crippen LogP contribution in [0, 0.1) is 11.8 Å². The van der Waals surface area contributed by atoms with Gasteiger partial charge in [0.2, 0.25) is 0 Å². The summed E-state index contributed by atoms with van der Waals surface area (Å²) in [6.07, 6.45) is 2.66. The molecule has 28 heavy (non-hydrogen) atoms. The van der Waals surface area contributed by atoms with Crippen LogP contribution in [0.4, 0.5) is 0 Å². The second-order valence-electron chi connectivity index (χ2n) is 7.94. The molecule has 1 N–H and O–H groups in total. The Bertz CT molecular complexity index is 750. The van der Waals surface area contributed by atoms with Gasteiger partial charge in [-0.25, -0.2) is 0 Å². The van der Waals surface area contributed by atoms with Crippen molar-refractivity contribution in [3.63, 3.8) is 0 Å². The number of methoxy groups -OCH3 is 2. The second-order valence-corrected chi connectivity index (χ2v) is 9.32. The number of benzene rings is 2. The van der Waals surface area contributed by atoms with Crippen LogP contribution >= 0.6 is 11.8 Å². The highest BCUT2D eigenvalue weighted by atomic mass is 32.2. The summed E-state index contributed by atoms with van der Waals surface area (Å²) in [6, 6.07) is 15.8. The molecule has 0 aromatic heterocycles. The number of ether oxygens (including phenoxy) is 2. The Morgan fingerprint density at radius 3 is 2.21 bits per heavy atom. The Hall–Kier alpha value is -1.69. The average molecular weight is 400 g/mol. The van der Waals surface area contributed by atoms with Crippen molar-refractivity contribution in [2.75, 3.05) is 33.9 Å². The van der Waals surface area contributed by atoms with Crippen molar-refractivity contribution >= 4 is 11.8 Å². The molecule has 1 heterocycles. The number of hydrogen-bond acceptors (Lipinski definition) is 5. The van der Waals surface area contributed by atoms with E-state index in [1.165, 1.54) is 30.8 Å². The zero-order valence-corrected chi connectivity index (χ0v) is 17.4. The van der Waals surface area contributed by atoms with Gasteiger partial charge in [-0.3, -0.25) is 4.90 Å². The van der Waals surface area contributed by atoms with E-state index in [-0.39, 0.29) is 6.10 Å². The maximum absolute atomic E-state index is 9.50. The topological polar surface area (TPSA) is 41.9 Å². The maximum atomic E-state index is 9.50. The van der Waals surface area contributed by atoms with Crippen molar-refractivity contribution in [2.45, 2.75) is 29.1 Å². The molecular formula is C23H29NO3S. The molecule has 0 bridgehead atoms. The van der Waals surface area contributed by atoms with E-state index in [9.17, 15) is 5.11 Å². The summed E-state index contributed by atoms with van der Waals surface area (Å²) >= 11 is 2.02. The number of likely N-dealkylation sites (tertiary alicyclic amines) is 1. The third-order valence-electron chi connectivity index (χ3n) is 6.12. The first-order valence-electron chi connectivity index (χ1n) is 9.99. The van der Waals surface area contributed by atoms with Crippen molar-refractivity contribution in [2.24, 2.45) is 11.8 Å². The minimum absolute atomic E-state index is 0.0592. The van der Waals surface area contributed by atoms with Crippen LogP contribution in [0.2, 0.25) is 0 Å². The van der Waals surface area contributed by atoms with Gasteiger partial charge in [-0.2, -0.15) is 0 Å². The predicted octanol–water partition coefficient (Wildman–Crippen LogP) is 4.59. The van der Waals surface area contributed by atoms with Crippen molar-refractivity contribution in [3.8, 4) is 11.5 Å². The quantitative estimate of drug-likeness (QED) is 0.737. The van der Waals surface area contributed by atoms with Gasteiger partial charge in [-0.1, -0.05) is 12.1 Å². The van der Waals surface area contributed by atoms with E-state index in [0.29, 0.717) is 5.75 Å². The SMILES string of the molecule is COc1ccc(SC2C[C@@H]3CN(CC(OC)c4ccc(O)cc4)C[C@@H]3C2)cc1. The molecule has 5 heteroatoms. The van der Waals surface area contributed by atoms with E-state index < -0.39 is 0 Å². The molecule has 2 fully saturated rings. The van der Waals surface area contributed by atoms with E-state index in [1.54, 1.807) is 26.4 Å². The Kier molecular flexibility index (Phi) is 6.14. The minimum atomic E-state index is 0.0592. The van der Waals surface area contributed by atoms with Crippen molar-refractivity contribution < 1.29 is 14.6 Å². The molecule has 4 nitrogen and oxygen atoms in total. The maximum Gasteiger partial charge on any atom is 0.118 e. The molecule has 4 atom stereocenters. The lowest BCUT2D eigenvalue weighted by Crippen LogP contribution is -2.28. The zero-order chi connectivity index (χ0) is 19.5. The number of thioether (sulfide) groups is 1. The number of rotatable bonds is 7. The summed E-state index contributed by atoms with van der Waals surface area (Å²) in [6.45, 7) is 3.26. The first-order chi connectivity index (χ1) is 13.6. The summed E-state index contributed by atoms with van der Waals surface area (Å²) in [4.78, 5) is 3.90. The standard InChI is InChI=1S/C23H29NO3S/c1-26-20-7-9-21(10-8-20)28-22-11-17-13-24(14-18(17)12-22)15-23(27-2)16-3-5-19(25)6-4-16/h3-10,17-18,22-23,25H,11-15H2,1-2H3/t17-,18+,22?,23?. The second kappa shape index (κ2) is 8.76. The number of fused-ring (bicyclic) bond motifs is 1. The van der Waals surface area contributed by atoms with Crippen LogP contribution < -0.4 is 4.74 Å². The van der Waals surface area contributed by atoms with Crippen LogP contribution in [0.15, 0.2) is 53.4 Å². The molecule has 2 aromatic carbocycles. The van der Waals surface area contributed by atoms with Gasteiger partial charge in [0.1, 0.15) is 11.5 Å². The Balaban J connectivity index is 1.29. The molecule has 0 radical (unpaired) electrons. The lowest BCUT2D eigenvalue weighted by molar-refractivity contribution is 0.0686. The van der Waals surface area contributed by atoms with Crippen molar-refractivity contribution in [3.05, 3.63) is 54.1 Å². The van der Waals surface area contributed by atoms with E-state index in [2.05, 4.69) is 17.0 Å². The van der Waals surface area contributed by atoms with Crippen molar-refractivity contribution in [1.29, 1.82) is 0 Å². The Morgan fingerprint density at radius 1 is 1.00 bits per heavy atom. The summed E-state index contributed by atoms with van der Waals surface area (Å²) in [5.74, 6) is 2.82. The summed E-state index contributed by atoms with van der Waals surface area (Å²) in [7, 11) is 3.48. The van der Waals surface area contributed by atoms with Crippen LogP contribution in [-0.2, 0) is 4.74 Å². The van der Waals surface area contributed by atoms with E-state index in [4.69, 9.17) is 9.47 Å². The predicted molar refractivity (Wildman–Crippen MR) is 113 cm³/mol. The minimum Gasteiger partial charge on any atom is -0.508 e. The molecule has 2 unspecified atom stereocenters. The highest BCUT2D eigenvalue weighted by Crippen LogP contribution is 2.45. The van der Waals surface area contributed by atoms with E-state index in [1.807, 2.05) is 36.0 Å². The summed E-state index contributed by atoms with van der Waals surface area (Å²) < 4.78 is 11.0. The number of phenols is 1. The first-order valence-corrected chi connectivity index (χ1v) is 10.9. The zero-order valence-electron chi connectivity index (χ0n) is 16.6. The molecule has 150 valence electrons. The van der Waals surface area contributed by atoms with E-state index >= 15 is 0 Å². The molecule has 0 spiro atoms. The molecule has 1 saturated carbocycles. The highest BCUT2D eigenvalue weighted by molar-refractivity contribution is 8.00. The molecular weight excluding hydrogens is 370 g/mol. The third kappa shape index (κ3) is 4.48. The smallest absolute Gasteiger partial charge is 0.118 e. The molecule has 4 rings (SSSR count). The van der Waals surface area contributed by atoms with Gasteiger partial charge in [-0.15, -0.1) is 11.8 Å². The first kappa shape index (κ1) is 19.6. The molecule has 1 aliphatic carbocycles. The van der Waals surface area contributed by atoms with Gasteiger partial charge < -0.3 is 14.6 Å². The number of hydrogen-bond donors (Lipinski definition) is 1. The molecule has 1 aliphatic heterocycles. The third-order valence-corrected chi connectivity index (χ3v) is 7.38. The molecule has 0 amide bonds. The van der Waals surface area contributed by atoms with Gasteiger partial charge >= 0.3 is 0 Å². The Morgan fingerprint density at radius 2 is 1.64 bits per heavy atom. The van der Waals surface area contributed by atoms with Gasteiger partial charge in [0.05, 0.1) is 13.2 Å². The molecule has 2 aromatic rings. The summed E-state index contributed by atoms with van der Waals surface area (Å²) in [5, 5.41) is 10.2. The van der Waals surface area contributed by atoms with Gasteiger partial charge in [0.25, 0.3) is 0 Å². The van der Waals surface area contributed by atoms with Crippen molar-refractivity contribution in [1.82, 2.24) is 4.90 Å². The number of aromatic hydroxyl groups is 1. The Labute approximate surface area is 171 Å². The van der Waals surface area contributed by atoms with Crippen LogP contribution in [0.5, 0.6) is 11.5 Å². The average Bonchev–Trinajstić information content (AvgIpc) is 3.25. The number of nitrogens with zero attached hydrogens (tertiary/aromatic N) is 1. The lowest BCUT2D eigenvalue weighted by Gasteiger charge is -2.24. The van der Waals surface area contributed by atoms with Gasteiger partial charge in [0.15, 0.2) is 0 Å². The largest absolute Gasteiger partial charge is 0.508 e. The lowest BCUT2D eigenvalue weighted by atomic mass is 10.0. The van der Waals surface area contributed by atoms with E-state index in [0.717, 1.165) is 34.9 Å². The molecule has 2 aliphatic rings. The molecule has 1 saturated heterocycles. The van der Waals surface area contributed by atoms with Gasteiger partial charge in [0, 0.05) is 36.9 Å². The van der Waals surface area contributed by atoms with Gasteiger partial charge in [-0.05, 0) is 66.6 Å².